The highest BCUT2D eigenvalue weighted by Gasteiger charge is 2.41. The van der Waals surface area contributed by atoms with Crippen molar-refractivity contribution in [1.29, 1.82) is 0 Å². The average Bonchev–Trinajstić information content (AvgIpc) is 3.33. The molecule has 8 heteroatoms. The van der Waals surface area contributed by atoms with Crippen molar-refractivity contribution in [3.05, 3.63) is 81.7 Å². The first-order valence-corrected chi connectivity index (χ1v) is 14.1. The lowest BCUT2D eigenvalue weighted by molar-refractivity contribution is -0.136. The fourth-order valence-corrected chi connectivity index (χ4v) is 5.87. The Labute approximate surface area is 235 Å². The van der Waals surface area contributed by atoms with Crippen LogP contribution >= 0.6 is 11.6 Å². The van der Waals surface area contributed by atoms with Crippen molar-refractivity contribution >= 4 is 23.4 Å². The molecule has 0 radical (unpaired) electrons. The number of carbonyl (C=O) groups is 2. The zero-order valence-corrected chi connectivity index (χ0v) is 23.7. The number of nitrogens with zero attached hydrogens (tertiary/aromatic N) is 3. The minimum atomic E-state index is -0.391. The number of fused-ring (bicyclic) bond motifs is 1. The van der Waals surface area contributed by atoms with E-state index in [2.05, 4.69) is 23.4 Å². The first kappa shape index (κ1) is 27.3. The number of ether oxygens (including phenoxy) is 1. The predicted octanol–water partition coefficient (Wildman–Crippen LogP) is 6.04. The van der Waals surface area contributed by atoms with Crippen molar-refractivity contribution in [3.63, 3.8) is 0 Å². The van der Waals surface area contributed by atoms with Crippen LogP contribution in [0.15, 0.2) is 53.1 Å². The molecule has 0 unspecified atom stereocenters. The number of hydrogen-bond donors (Lipinski definition) is 0. The maximum atomic E-state index is 13.7. The van der Waals surface area contributed by atoms with E-state index in [9.17, 15) is 9.59 Å². The minimum Gasteiger partial charge on any atom is -0.493 e. The Hall–Kier alpha value is -3.32. The van der Waals surface area contributed by atoms with Crippen molar-refractivity contribution in [2.45, 2.75) is 58.9 Å². The number of amides is 2. The Kier molecular flexibility index (Phi) is 7.98. The van der Waals surface area contributed by atoms with Crippen LogP contribution in [0, 0.1) is 12.3 Å². The van der Waals surface area contributed by atoms with Gasteiger partial charge in [-0.1, -0.05) is 60.9 Å². The maximum Gasteiger partial charge on any atom is 0.259 e. The summed E-state index contributed by atoms with van der Waals surface area (Å²) in [6, 6.07) is 15.7. The lowest BCUT2D eigenvalue weighted by Gasteiger charge is -2.42. The Bertz CT molecular complexity index is 1340. The summed E-state index contributed by atoms with van der Waals surface area (Å²) in [5, 5.41) is 4.74. The molecule has 2 amide bonds. The third-order valence-corrected chi connectivity index (χ3v) is 8.35. The molecule has 0 spiro atoms. The third kappa shape index (κ3) is 5.98. The molecular weight excluding hydrogens is 514 g/mol. The lowest BCUT2D eigenvalue weighted by atomic mass is 9.75. The molecule has 0 saturated carbocycles. The SMILES string of the molecule is Cc1onc(C(C)C)c1C(=O)N1CCC(COc2cccc(Cl)c2)(CC(=O)N2CCc3ccccc3C2)CC1. The van der Waals surface area contributed by atoms with Gasteiger partial charge in [0.1, 0.15) is 17.1 Å². The summed E-state index contributed by atoms with van der Waals surface area (Å²) >= 11 is 6.18. The van der Waals surface area contributed by atoms with Crippen molar-refractivity contribution in [2.75, 3.05) is 26.2 Å². The van der Waals surface area contributed by atoms with E-state index in [0.29, 0.717) is 73.3 Å². The maximum absolute atomic E-state index is 13.7. The second-order valence-corrected chi connectivity index (χ2v) is 11.6. The summed E-state index contributed by atoms with van der Waals surface area (Å²) in [5.74, 6) is 1.40. The van der Waals surface area contributed by atoms with E-state index in [0.717, 1.165) is 13.0 Å². The molecule has 0 atom stereocenters. The molecule has 0 aliphatic carbocycles. The van der Waals surface area contributed by atoms with Crippen LogP contribution in [0.5, 0.6) is 5.75 Å². The van der Waals surface area contributed by atoms with Gasteiger partial charge >= 0.3 is 0 Å². The second-order valence-electron chi connectivity index (χ2n) is 11.2. The molecule has 2 aliphatic rings. The zero-order valence-electron chi connectivity index (χ0n) is 22.9. The molecule has 0 N–H and O–H groups in total. The van der Waals surface area contributed by atoms with E-state index >= 15 is 0 Å². The van der Waals surface area contributed by atoms with Gasteiger partial charge in [0.05, 0.1) is 12.3 Å². The lowest BCUT2D eigenvalue weighted by Crippen LogP contribution is -2.48. The van der Waals surface area contributed by atoms with Gasteiger partial charge in [0.25, 0.3) is 5.91 Å². The molecule has 3 aromatic rings. The largest absolute Gasteiger partial charge is 0.493 e. The van der Waals surface area contributed by atoms with Crippen molar-refractivity contribution < 1.29 is 18.8 Å². The summed E-state index contributed by atoms with van der Waals surface area (Å²) in [4.78, 5) is 31.0. The molecule has 1 aromatic heterocycles. The van der Waals surface area contributed by atoms with Crippen LogP contribution in [-0.2, 0) is 17.8 Å². The predicted molar refractivity (Wildman–Crippen MR) is 150 cm³/mol. The third-order valence-electron chi connectivity index (χ3n) is 8.11. The van der Waals surface area contributed by atoms with Crippen molar-refractivity contribution in [2.24, 2.45) is 5.41 Å². The Morgan fingerprint density at radius 1 is 1.05 bits per heavy atom. The number of halogens is 1. The van der Waals surface area contributed by atoms with Gasteiger partial charge in [-0.3, -0.25) is 9.59 Å². The molecule has 7 nitrogen and oxygen atoms in total. The fraction of sp³-hybridized carbons (Fsp3) is 0.452. The molecule has 2 aromatic carbocycles. The van der Waals surface area contributed by atoms with Gasteiger partial charge in [0, 0.05) is 43.0 Å². The molecule has 1 saturated heterocycles. The summed E-state index contributed by atoms with van der Waals surface area (Å²) in [5.41, 5.74) is 3.40. The molecule has 5 rings (SSSR count). The normalized spacial score (nSPS) is 16.7. The molecule has 1 fully saturated rings. The highest BCUT2D eigenvalue weighted by atomic mass is 35.5. The topological polar surface area (TPSA) is 75.9 Å². The van der Waals surface area contributed by atoms with Crippen molar-refractivity contribution in [1.82, 2.24) is 15.0 Å². The van der Waals surface area contributed by atoms with Crippen LogP contribution in [0.25, 0.3) is 0 Å². The number of rotatable bonds is 7. The van der Waals surface area contributed by atoms with Gasteiger partial charge in [0.15, 0.2) is 0 Å². The van der Waals surface area contributed by atoms with Gasteiger partial charge in [0.2, 0.25) is 5.91 Å². The summed E-state index contributed by atoms with van der Waals surface area (Å²) in [6.07, 6.45) is 2.57. The summed E-state index contributed by atoms with van der Waals surface area (Å²) in [7, 11) is 0. The molecular formula is C31H36ClN3O4. The van der Waals surface area contributed by atoms with E-state index in [1.807, 2.05) is 47.9 Å². The van der Waals surface area contributed by atoms with Crippen LogP contribution in [0.1, 0.15) is 72.0 Å². The number of carbonyl (C=O) groups excluding carboxylic acids is 2. The van der Waals surface area contributed by atoms with E-state index in [4.69, 9.17) is 20.9 Å². The van der Waals surface area contributed by atoms with Crippen LogP contribution in [0.2, 0.25) is 5.02 Å². The van der Waals surface area contributed by atoms with Gasteiger partial charge in [-0.25, -0.2) is 0 Å². The standard InChI is InChI=1S/C31H36ClN3O4/c1-21(2)29-28(22(3)39-33-29)30(37)34-15-12-31(13-16-34,20-38-26-10-6-9-25(32)17-26)18-27(36)35-14-11-23-7-4-5-8-24(23)19-35/h4-10,17,21H,11-16,18-20H2,1-3H3. The average molecular weight is 550 g/mol. The first-order valence-electron chi connectivity index (χ1n) is 13.7. The Morgan fingerprint density at radius 3 is 2.51 bits per heavy atom. The quantitative estimate of drug-likeness (QED) is 0.359. The summed E-state index contributed by atoms with van der Waals surface area (Å²) in [6.45, 7) is 8.61. The number of likely N-dealkylation sites (tertiary alicyclic amines) is 1. The second kappa shape index (κ2) is 11.4. The van der Waals surface area contributed by atoms with Crippen LogP contribution in [0.4, 0.5) is 0 Å². The van der Waals surface area contributed by atoms with Gasteiger partial charge in [-0.2, -0.15) is 0 Å². The van der Waals surface area contributed by atoms with Crippen LogP contribution in [0.3, 0.4) is 0 Å². The number of aryl methyl sites for hydroxylation is 1. The highest BCUT2D eigenvalue weighted by molar-refractivity contribution is 6.30. The number of benzene rings is 2. The number of aromatic nitrogens is 1. The van der Waals surface area contributed by atoms with E-state index in [1.54, 1.807) is 13.0 Å². The van der Waals surface area contributed by atoms with E-state index in [-0.39, 0.29) is 17.7 Å². The molecule has 0 bridgehead atoms. The van der Waals surface area contributed by atoms with Gasteiger partial charge in [-0.05, 0) is 61.4 Å². The Balaban J connectivity index is 1.32. The molecule has 206 valence electrons. The highest BCUT2D eigenvalue weighted by Crippen LogP contribution is 2.38. The van der Waals surface area contributed by atoms with Crippen LogP contribution in [-0.4, -0.2) is 53.0 Å². The molecule has 3 heterocycles. The molecule has 2 aliphatic heterocycles. The Morgan fingerprint density at radius 2 is 1.79 bits per heavy atom. The molecule has 39 heavy (non-hydrogen) atoms. The smallest absolute Gasteiger partial charge is 0.259 e. The van der Waals surface area contributed by atoms with E-state index in [1.165, 1.54) is 11.1 Å². The van der Waals surface area contributed by atoms with E-state index < -0.39 is 5.41 Å². The number of hydrogen-bond acceptors (Lipinski definition) is 5. The zero-order chi connectivity index (χ0) is 27.6. The van der Waals surface area contributed by atoms with Crippen LogP contribution < -0.4 is 4.74 Å². The summed E-state index contributed by atoms with van der Waals surface area (Å²) < 4.78 is 11.6. The van der Waals surface area contributed by atoms with Crippen molar-refractivity contribution in [3.8, 4) is 5.75 Å². The number of piperidine rings is 1. The first-order chi connectivity index (χ1) is 18.7. The van der Waals surface area contributed by atoms with Gasteiger partial charge < -0.3 is 19.1 Å². The monoisotopic (exact) mass is 549 g/mol. The minimum absolute atomic E-state index is 0.0548. The van der Waals surface area contributed by atoms with Gasteiger partial charge in [-0.15, -0.1) is 0 Å². The fourth-order valence-electron chi connectivity index (χ4n) is 5.69.